The molecule has 1 fully saturated rings. The van der Waals surface area contributed by atoms with Crippen LogP contribution in [0, 0.1) is 5.82 Å². The molecule has 1 spiro atoms. The van der Waals surface area contributed by atoms with Gasteiger partial charge in [-0.05, 0) is 42.2 Å². The van der Waals surface area contributed by atoms with Crippen LogP contribution in [0.15, 0.2) is 42.5 Å². The minimum Gasteiger partial charge on any atom is -0.478 e. The largest absolute Gasteiger partial charge is 0.478 e. The van der Waals surface area contributed by atoms with E-state index in [0.717, 1.165) is 24.5 Å². The fourth-order valence-electron chi connectivity index (χ4n) is 3.60. The number of halogens is 1. The van der Waals surface area contributed by atoms with Crippen molar-refractivity contribution in [2.45, 2.75) is 24.8 Å². The lowest BCUT2D eigenvalue weighted by Gasteiger charge is -2.35. The molecule has 5 heteroatoms. The van der Waals surface area contributed by atoms with Crippen LogP contribution in [-0.2, 0) is 12.0 Å². The third kappa shape index (κ3) is 2.28. The van der Waals surface area contributed by atoms with Crippen LogP contribution in [0.25, 0.3) is 0 Å². The number of amides is 1. The van der Waals surface area contributed by atoms with E-state index in [1.807, 2.05) is 18.2 Å². The molecular weight excluding hydrogens is 309 g/mol. The molecule has 122 valence electrons. The van der Waals surface area contributed by atoms with Gasteiger partial charge in [0.2, 0.25) is 0 Å². The summed E-state index contributed by atoms with van der Waals surface area (Å²) in [5.41, 5.74) is 2.19. The highest BCUT2D eigenvalue weighted by molar-refractivity contribution is 5.96. The Balaban J connectivity index is 1.66. The summed E-state index contributed by atoms with van der Waals surface area (Å²) in [6.45, 7) is 1.04. The van der Waals surface area contributed by atoms with Crippen LogP contribution in [0.5, 0.6) is 0 Å². The van der Waals surface area contributed by atoms with Crippen LogP contribution in [-0.4, -0.2) is 28.4 Å². The van der Waals surface area contributed by atoms with Crippen molar-refractivity contribution >= 4 is 11.9 Å². The standard InChI is InChI=1S/C19H16FNO3/c20-16-9-12(18(23)24)5-6-14(16)17(22)21-10-13-3-1-2-4-15(13)19(11-21)7-8-19/h1-6,9H,7-8,10-11H2,(H,23,24). The van der Waals surface area contributed by atoms with Gasteiger partial charge in [0, 0.05) is 18.5 Å². The number of hydrogen-bond acceptors (Lipinski definition) is 2. The summed E-state index contributed by atoms with van der Waals surface area (Å²) < 4.78 is 14.2. The molecule has 24 heavy (non-hydrogen) atoms. The van der Waals surface area contributed by atoms with Crippen molar-refractivity contribution in [3.05, 3.63) is 70.5 Å². The Labute approximate surface area is 138 Å². The van der Waals surface area contributed by atoms with Crippen molar-refractivity contribution in [1.82, 2.24) is 4.90 Å². The molecule has 1 aliphatic heterocycles. The van der Waals surface area contributed by atoms with Crippen molar-refractivity contribution in [3.8, 4) is 0 Å². The predicted octanol–water partition coefficient (Wildman–Crippen LogP) is 3.21. The Hall–Kier alpha value is -2.69. The molecule has 0 saturated heterocycles. The van der Waals surface area contributed by atoms with Gasteiger partial charge >= 0.3 is 5.97 Å². The summed E-state index contributed by atoms with van der Waals surface area (Å²) in [5.74, 6) is -2.38. The normalized spacial score (nSPS) is 17.5. The lowest BCUT2D eigenvalue weighted by Crippen LogP contribution is -2.42. The molecule has 1 heterocycles. The number of carboxylic acid groups (broad SMARTS) is 1. The third-order valence-electron chi connectivity index (χ3n) is 5.03. The van der Waals surface area contributed by atoms with Crippen molar-refractivity contribution in [3.63, 3.8) is 0 Å². The Morgan fingerprint density at radius 2 is 1.88 bits per heavy atom. The van der Waals surface area contributed by atoms with Gasteiger partial charge in [0.05, 0.1) is 11.1 Å². The molecule has 0 aromatic heterocycles. The van der Waals surface area contributed by atoms with Gasteiger partial charge < -0.3 is 10.0 Å². The SMILES string of the molecule is O=C(O)c1ccc(C(=O)N2Cc3ccccc3C3(CC3)C2)c(F)c1. The molecule has 1 amide bonds. The first kappa shape index (κ1) is 14.9. The number of carbonyl (C=O) groups is 2. The van der Waals surface area contributed by atoms with Gasteiger partial charge in [-0.1, -0.05) is 24.3 Å². The summed E-state index contributed by atoms with van der Waals surface area (Å²) in [7, 11) is 0. The van der Waals surface area contributed by atoms with Crippen molar-refractivity contribution in [1.29, 1.82) is 0 Å². The highest BCUT2D eigenvalue weighted by atomic mass is 19.1. The van der Waals surface area contributed by atoms with Gasteiger partial charge in [-0.3, -0.25) is 4.79 Å². The molecule has 2 aromatic rings. The summed E-state index contributed by atoms with van der Waals surface area (Å²) in [4.78, 5) is 25.3. The topological polar surface area (TPSA) is 57.6 Å². The average molecular weight is 325 g/mol. The van der Waals surface area contributed by atoms with E-state index in [1.54, 1.807) is 4.90 Å². The molecule has 0 radical (unpaired) electrons. The van der Waals surface area contributed by atoms with Gasteiger partial charge in [0.15, 0.2) is 0 Å². The number of nitrogens with zero attached hydrogens (tertiary/aromatic N) is 1. The monoisotopic (exact) mass is 325 g/mol. The second-order valence-electron chi connectivity index (χ2n) is 6.60. The van der Waals surface area contributed by atoms with Crippen LogP contribution in [0.3, 0.4) is 0 Å². The molecular formula is C19H16FNO3. The average Bonchev–Trinajstić information content (AvgIpc) is 3.34. The van der Waals surface area contributed by atoms with E-state index in [2.05, 4.69) is 6.07 Å². The first-order valence-electron chi connectivity index (χ1n) is 7.91. The fourth-order valence-corrected chi connectivity index (χ4v) is 3.60. The highest BCUT2D eigenvalue weighted by Gasteiger charge is 2.49. The number of carbonyl (C=O) groups excluding carboxylic acids is 1. The fraction of sp³-hybridized carbons (Fsp3) is 0.263. The lowest BCUT2D eigenvalue weighted by atomic mass is 9.86. The summed E-state index contributed by atoms with van der Waals surface area (Å²) in [6.07, 6.45) is 2.07. The second-order valence-corrected chi connectivity index (χ2v) is 6.60. The summed E-state index contributed by atoms with van der Waals surface area (Å²) in [6, 6.07) is 11.5. The van der Waals surface area contributed by atoms with E-state index < -0.39 is 11.8 Å². The van der Waals surface area contributed by atoms with E-state index in [-0.39, 0.29) is 22.4 Å². The van der Waals surface area contributed by atoms with Crippen molar-refractivity contribution in [2.24, 2.45) is 0 Å². The molecule has 0 unspecified atom stereocenters. The Morgan fingerprint density at radius 3 is 2.54 bits per heavy atom. The van der Waals surface area contributed by atoms with Crippen LogP contribution >= 0.6 is 0 Å². The first-order valence-corrected chi connectivity index (χ1v) is 7.91. The molecule has 1 aliphatic carbocycles. The quantitative estimate of drug-likeness (QED) is 0.922. The maximum atomic E-state index is 14.2. The Morgan fingerprint density at radius 1 is 1.12 bits per heavy atom. The van der Waals surface area contributed by atoms with Gasteiger partial charge in [-0.15, -0.1) is 0 Å². The molecule has 1 saturated carbocycles. The first-order chi connectivity index (χ1) is 11.5. The number of hydrogen-bond donors (Lipinski definition) is 1. The maximum absolute atomic E-state index is 14.2. The number of carboxylic acids is 1. The molecule has 2 aromatic carbocycles. The van der Waals surface area contributed by atoms with E-state index in [1.165, 1.54) is 17.7 Å². The van der Waals surface area contributed by atoms with E-state index in [9.17, 15) is 14.0 Å². The maximum Gasteiger partial charge on any atom is 0.335 e. The van der Waals surface area contributed by atoms with Crippen molar-refractivity contribution in [2.75, 3.05) is 6.54 Å². The van der Waals surface area contributed by atoms with Crippen molar-refractivity contribution < 1.29 is 19.1 Å². The van der Waals surface area contributed by atoms with Gasteiger partial charge in [-0.25, -0.2) is 9.18 Å². The number of fused-ring (bicyclic) bond motifs is 2. The Kier molecular flexibility index (Phi) is 3.20. The Bertz CT molecular complexity index is 857. The van der Waals surface area contributed by atoms with Crippen LogP contribution < -0.4 is 0 Å². The summed E-state index contributed by atoms with van der Waals surface area (Å²) in [5, 5.41) is 8.91. The number of aromatic carboxylic acids is 1. The highest BCUT2D eigenvalue weighted by Crippen LogP contribution is 2.52. The zero-order chi connectivity index (χ0) is 16.9. The molecule has 2 aliphatic rings. The van der Waals surface area contributed by atoms with Gasteiger partial charge in [0.25, 0.3) is 5.91 Å². The second kappa shape index (κ2) is 5.16. The molecule has 1 N–H and O–H groups in total. The minimum atomic E-state index is -1.21. The van der Waals surface area contributed by atoms with Crippen LogP contribution in [0.2, 0.25) is 0 Å². The molecule has 4 rings (SSSR count). The van der Waals surface area contributed by atoms with E-state index >= 15 is 0 Å². The lowest BCUT2D eigenvalue weighted by molar-refractivity contribution is 0.0685. The van der Waals surface area contributed by atoms with Gasteiger partial charge in [0.1, 0.15) is 5.82 Å². The molecule has 0 bridgehead atoms. The number of benzene rings is 2. The molecule has 0 atom stereocenters. The zero-order valence-electron chi connectivity index (χ0n) is 13.0. The van der Waals surface area contributed by atoms with Gasteiger partial charge in [-0.2, -0.15) is 0 Å². The molecule has 4 nitrogen and oxygen atoms in total. The minimum absolute atomic E-state index is 0.0159. The third-order valence-corrected chi connectivity index (χ3v) is 5.03. The van der Waals surface area contributed by atoms with Crippen LogP contribution in [0.4, 0.5) is 4.39 Å². The van der Waals surface area contributed by atoms with Crippen LogP contribution in [0.1, 0.15) is 44.7 Å². The smallest absolute Gasteiger partial charge is 0.335 e. The summed E-state index contributed by atoms with van der Waals surface area (Å²) >= 11 is 0. The zero-order valence-corrected chi connectivity index (χ0v) is 13.0. The number of rotatable bonds is 2. The van der Waals surface area contributed by atoms with E-state index in [0.29, 0.717) is 13.1 Å². The van der Waals surface area contributed by atoms with E-state index in [4.69, 9.17) is 5.11 Å². The predicted molar refractivity (Wildman–Crippen MR) is 85.5 cm³/mol.